The van der Waals surface area contributed by atoms with E-state index in [0.29, 0.717) is 37.7 Å². The summed E-state index contributed by atoms with van der Waals surface area (Å²) in [6, 6.07) is 3.93. The van der Waals surface area contributed by atoms with Crippen molar-refractivity contribution in [2.75, 3.05) is 19.8 Å². The van der Waals surface area contributed by atoms with Crippen molar-refractivity contribution in [2.24, 2.45) is 5.41 Å². The Kier molecular flexibility index (Phi) is 40.8. The number of nitriles is 2. The maximum atomic E-state index is 14.1. The minimum atomic E-state index is -4.89. The third-order valence-corrected chi connectivity index (χ3v) is 22.9. The lowest BCUT2D eigenvalue weighted by atomic mass is 9.76. The summed E-state index contributed by atoms with van der Waals surface area (Å²) in [4.78, 5) is 6.85. The number of nitrogens with zero attached hydrogens (tertiary/aromatic N) is 4. The highest BCUT2D eigenvalue weighted by atomic mass is 19.4. The quantitative estimate of drug-likeness (QED) is 0.0449. The second kappa shape index (κ2) is 47.1. The second-order valence-corrected chi connectivity index (χ2v) is 43.1. The molecule has 1 atom stereocenters. The maximum Gasteiger partial charge on any atom is 0.417 e. The number of benzene rings is 8. The van der Waals surface area contributed by atoms with Crippen LogP contribution in [0.2, 0.25) is 0 Å². The van der Waals surface area contributed by atoms with E-state index >= 15 is 0 Å². The molecule has 8 aromatic carbocycles. The van der Waals surface area contributed by atoms with Crippen LogP contribution in [-0.4, -0.2) is 19.8 Å². The van der Waals surface area contributed by atoms with Crippen molar-refractivity contribution in [3.8, 4) is 12.1 Å². The molecule has 1 saturated carbocycles. The van der Waals surface area contributed by atoms with Gasteiger partial charge in [-0.1, -0.05) is 217 Å². The number of rotatable bonds is 10. The molecule has 0 radical (unpaired) electrons. The molecule has 2 aliphatic heterocycles. The van der Waals surface area contributed by atoms with Crippen molar-refractivity contribution in [3.05, 3.63) is 323 Å². The third kappa shape index (κ3) is 27.8. The standard InChI is InChI=1S/C16H18F6.C16H12N4.C15H18F4O.2C13H14F4.C12H9F7.C12H12F4O.C12H12F4/c1-7-10-12(15(17,18)19)8(2)11(14(4,5)6)9(3)13(10)16(20,21)22;1-7-10-11(8-17)14(19-5)13(16(2,3)4)15(20-6)12(10)9-18;1-14(2,3)9-12(18)10(16)8(11(17)13(9)19)5-15(4)6-20-7-15;1-13(2,3)8-11(16)9(14)7(6-4-5-6)10(15)12(8)17;1-5-6-7-9(14)11(16)8(13(2,3)4)12(17)10(7)15;1-12(2,3)5-9(16)6(13)4(7(14)10(5)17)8(15)11(18)19;1-12(2,3)7-10(15)8(13)6(5-4-17-5)9(14)11(7)16;1-5-6-8(13)10(15)7(12(2,3)4)11(16)9(6)14/h7H,1H2,2-6H3;7H,1H2,2-4H3;5-7H2,1-4H3;6H,4-5H2,1-3H3;5H,1,6H2,2-4H3;1-3H3;5H,4H2,1-3H3;5H,1H2,2-4H3. The van der Waals surface area contributed by atoms with E-state index in [2.05, 4.69) is 40.7 Å². The molecule has 11 rings (SSSR count). The van der Waals surface area contributed by atoms with E-state index in [1.165, 1.54) is 151 Å². The van der Waals surface area contributed by atoms with Gasteiger partial charge in [-0.25, -0.2) is 119 Å². The van der Waals surface area contributed by atoms with E-state index in [-0.39, 0.29) is 70.1 Å². The van der Waals surface area contributed by atoms with Gasteiger partial charge in [0.2, 0.25) is 5.83 Å². The minimum absolute atomic E-state index is 0.0674. The first-order valence-electron chi connectivity index (χ1n) is 44.7. The topological polar surface area (TPSA) is 78.1 Å². The molecule has 6 nitrogen and oxygen atoms in total. The number of ether oxygens (including phenoxy) is 2. The molecule has 0 N–H and O–H groups in total. The largest absolute Gasteiger partial charge is 0.417 e. The zero-order chi connectivity index (χ0) is 116. The summed E-state index contributed by atoms with van der Waals surface area (Å²) in [5.41, 5.74) is -19.5. The van der Waals surface area contributed by atoms with Gasteiger partial charge in [-0.3, -0.25) is 0 Å². The predicted molar refractivity (Wildman–Crippen MR) is 499 cm³/mol. The average molecular weight is 2130 g/mol. The molecule has 39 heteroatoms. The smallest absolute Gasteiger partial charge is 0.380 e. The molecular weight excluding hydrogens is 2020 g/mol. The minimum Gasteiger partial charge on any atom is -0.380 e. The third-order valence-electron chi connectivity index (χ3n) is 22.9. The van der Waals surface area contributed by atoms with Crippen LogP contribution in [0.3, 0.4) is 0 Å². The number of hydrogen-bond donors (Lipinski definition) is 0. The molecule has 0 amide bonds. The van der Waals surface area contributed by atoms with Crippen LogP contribution >= 0.6 is 0 Å². The number of hydrogen-bond acceptors (Lipinski definition) is 4. The summed E-state index contributed by atoms with van der Waals surface area (Å²) in [6.45, 7) is 69.3. The van der Waals surface area contributed by atoms with Crippen molar-refractivity contribution in [2.45, 2.75) is 280 Å². The van der Waals surface area contributed by atoms with E-state index in [9.17, 15) is 155 Å². The fraction of sp³-hybridized carbons (Fsp3) is 0.431. The Morgan fingerprint density at radius 1 is 0.351 bits per heavy atom. The molecular formula is C109H109F33N4O2. The Bertz CT molecular complexity index is 6320. The van der Waals surface area contributed by atoms with Crippen LogP contribution in [0.1, 0.15) is 320 Å². The zero-order valence-corrected chi connectivity index (χ0v) is 85.8. The van der Waals surface area contributed by atoms with Gasteiger partial charge >= 0.3 is 18.4 Å². The molecule has 2 saturated heterocycles. The summed E-state index contributed by atoms with van der Waals surface area (Å²) >= 11 is 0. The van der Waals surface area contributed by atoms with Crippen molar-refractivity contribution >= 4 is 35.4 Å². The molecule has 1 aliphatic carbocycles. The summed E-state index contributed by atoms with van der Waals surface area (Å²) in [5.74, 6) is -37.5. The number of alkyl halides is 6. The van der Waals surface area contributed by atoms with Crippen LogP contribution in [0.4, 0.5) is 156 Å². The first-order valence-corrected chi connectivity index (χ1v) is 44.7. The molecule has 0 spiro atoms. The van der Waals surface area contributed by atoms with Gasteiger partial charge in [-0.05, 0) is 122 Å². The molecule has 0 bridgehead atoms. The average Bonchev–Trinajstić information content (AvgIpc) is 0.922. The highest BCUT2D eigenvalue weighted by Crippen LogP contribution is 2.52. The fourth-order valence-electron chi connectivity index (χ4n) is 16.3. The van der Waals surface area contributed by atoms with Gasteiger partial charge in [0.25, 0.3) is 0 Å². The Labute approximate surface area is 837 Å². The van der Waals surface area contributed by atoms with E-state index in [1.54, 1.807) is 27.7 Å². The molecule has 808 valence electrons. The van der Waals surface area contributed by atoms with Crippen molar-refractivity contribution < 1.29 is 154 Å². The Hall–Kier alpha value is -12.0. The van der Waals surface area contributed by atoms with Crippen molar-refractivity contribution in [1.29, 1.82) is 10.5 Å². The Morgan fingerprint density at radius 3 is 0.811 bits per heavy atom. The molecule has 148 heavy (non-hydrogen) atoms. The molecule has 0 aromatic heterocycles. The first-order chi connectivity index (χ1) is 67.0. The highest BCUT2D eigenvalue weighted by molar-refractivity contribution is 5.87. The Balaban J connectivity index is 0.000000353. The summed E-state index contributed by atoms with van der Waals surface area (Å²) in [5, 5.41) is 18.6. The highest BCUT2D eigenvalue weighted by Gasteiger charge is 2.48. The summed E-state index contributed by atoms with van der Waals surface area (Å²) in [7, 11) is 0. The lowest BCUT2D eigenvalue weighted by Crippen LogP contribution is -2.42. The lowest BCUT2D eigenvalue weighted by molar-refractivity contribution is -0.144. The molecule has 1 unspecified atom stereocenters. The van der Waals surface area contributed by atoms with Crippen molar-refractivity contribution in [3.63, 3.8) is 0 Å². The number of halogens is 33. The number of epoxide rings is 1. The molecule has 2 heterocycles. The zero-order valence-electron chi connectivity index (χ0n) is 85.8. The van der Waals surface area contributed by atoms with Gasteiger partial charge in [0.05, 0.1) is 84.0 Å². The fourth-order valence-corrected chi connectivity index (χ4v) is 16.3. The van der Waals surface area contributed by atoms with Crippen LogP contribution in [0.15, 0.2) is 38.5 Å². The van der Waals surface area contributed by atoms with E-state index in [1.807, 2.05) is 32.9 Å². The molecule has 3 fully saturated rings. The predicted octanol–water partition coefficient (Wildman–Crippen LogP) is 36.4. The summed E-state index contributed by atoms with van der Waals surface area (Å²) < 4.78 is 456. The van der Waals surface area contributed by atoms with Crippen LogP contribution in [0, 0.1) is 195 Å². The second-order valence-electron chi connectivity index (χ2n) is 43.1. The van der Waals surface area contributed by atoms with E-state index < -0.39 is 302 Å². The SMILES string of the molecule is C=CCc1c(F)c(F)c(C(C)(C)C)c(F)c1F.C=Cc1c(C(F)(F)F)c(C)c(C(C)(C)C)c(C)c1C(F)(F)F.C=Cc1c(F)c(F)c(C(C)(C)C)c(F)c1F.CC(C)(C)c1c(F)c(F)c(C(F)=C(F)F)c(F)c1F.CC(C)(C)c1c(F)c(F)c(C2CC2)c(F)c1F.CC(C)(C)c1c(F)c(F)c(C2CO2)c(F)c1F.CC1(Cc2c(F)c(F)c(C(C)(C)C)c(F)c2F)COC1.[C-]#[N+]c1c(C#N)c(C=C)c(C#N)c([N+]#[C-])c1C(C)(C)C. The van der Waals surface area contributed by atoms with Crippen LogP contribution in [0.25, 0.3) is 33.7 Å². The van der Waals surface area contributed by atoms with Gasteiger partial charge in [0.15, 0.2) is 151 Å². The Morgan fingerprint density at radius 2 is 0.601 bits per heavy atom. The van der Waals surface area contributed by atoms with Crippen molar-refractivity contribution in [1.82, 2.24) is 0 Å². The van der Waals surface area contributed by atoms with Gasteiger partial charge in [-0.2, -0.15) is 45.6 Å². The maximum absolute atomic E-state index is 14.1. The first kappa shape index (κ1) is 128. The van der Waals surface area contributed by atoms with Gasteiger partial charge < -0.3 is 9.47 Å². The lowest BCUT2D eigenvalue weighted by Gasteiger charge is -2.38. The van der Waals surface area contributed by atoms with Crippen LogP contribution in [0.5, 0.6) is 0 Å². The van der Waals surface area contributed by atoms with E-state index in [0.717, 1.165) is 6.08 Å². The van der Waals surface area contributed by atoms with E-state index in [4.69, 9.17) is 17.9 Å². The van der Waals surface area contributed by atoms with Gasteiger partial charge in [0.1, 0.15) is 6.10 Å². The van der Waals surface area contributed by atoms with Crippen LogP contribution < -0.4 is 0 Å². The monoisotopic (exact) mass is 2130 g/mol. The van der Waals surface area contributed by atoms with Gasteiger partial charge in [-0.15, -0.1) is 6.58 Å². The molecule has 3 aliphatic rings. The summed E-state index contributed by atoms with van der Waals surface area (Å²) in [6.07, 6.45) is -8.94. The molecule has 8 aromatic rings. The van der Waals surface area contributed by atoms with Crippen LogP contribution in [-0.2, 0) is 78.0 Å². The number of allylic oxidation sites excluding steroid dienone is 1. The van der Waals surface area contributed by atoms with Gasteiger partial charge in [0, 0.05) is 55.5 Å². The normalized spacial score (nSPS) is 14.0.